The van der Waals surface area contributed by atoms with Gasteiger partial charge in [-0.3, -0.25) is 9.89 Å². The first-order valence-corrected chi connectivity index (χ1v) is 9.81. The van der Waals surface area contributed by atoms with Crippen molar-refractivity contribution in [2.45, 2.75) is 37.8 Å². The molecule has 29 heavy (non-hydrogen) atoms. The summed E-state index contributed by atoms with van der Waals surface area (Å²) in [5.41, 5.74) is 3.41. The van der Waals surface area contributed by atoms with Gasteiger partial charge in [-0.05, 0) is 43.9 Å². The molecule has 9 heteroatoms. The third kappa shape index (κ3) is 3.14. The highest BCUT2D eigenvalue weighted by Crippen LogP contribution is 2.30. The Labute approximate surface area is 165 Å². The summed E-state index contributed by atoms with van der Waals surface area (Å²) in [4.78, 5) is 21.4. The Morgan fingerprint density at radius 2 is 1.97 bits per heavy atom. The number of nitrogens with zero attached hydrogens (tertiary/aromatic N) is 3. The minimum absolute atomic E-state index is 0.135. The Morgan fingerprint density at radius 1 is 1.10 bits per heavy atom. The summed E-state index contributed by atoms with van der Waals surface area (Å²) < 4.78 is 5.53. The maximum absolute atomic E-state index is 12.3. The molecule has 0 spiro atoms. The summed E-state index contributed by atoms with van der Waals surface area (Å²) in [5, 5.41) is 17.5. The number of nitrogens with one attached hydrogen (secondary N) is 4. The third-order valence-electron chi connectivity index (χ3n) is 5.17. The summed E-state index contributed by atoms with van der Waals surface area (Å²) in [6.07, 6.45) is 5.98. The van der Waals surface area contributed by atoms with Gasteiger partial charge in [-0.25, -0.2) is 4.98 Å². The molecule has 2 fully saturated rings. The van der Waals surface area contributed by atoms with Gasteiger partial charge in [-0.2, -0.15) is 10.1 Å². The molecule has 0 unspecified atom stereocenters. The molecule has 3 aromatic heterocycles. The summed E-state index contributed by atoms with van der Waals surface area (Å²) in [6.45, 7) is 0. The van der Waals surface area contributed by atoms with Gasteiger partial charge >= 0.3 is 0 Å². The number of carbonyl (C=O) groups is 1. The second-order valence-electron chi connectivity index (χ2n) is 7.65. The molecule has 146 valence electrons. The predicted octanol–water partition coefficient (Wildman–Crippen LogP) is 3.31. The summed E-state index contributed by atoms with van der Waals surface area (Å²) in [7, 11) is 0. The molecule has 0 radical (unpaired) electrons. The van der Waals surface area contributed by atoms with E-state index in [9.17, 15) is 4.79 Å². The Morgan fingerprint density at radius 3 is 2.79 bits per heavy atom. The molecule has 2 saturated carbocycles. The van der Waals surface area contributed by atoms with Crippen LogP contribution in [0.15, 0.2) is 34.9 Å². The van der Waals surface area contributed by atoms with Gasteiger partial charge in [0, 0.05) is 29.2 Å². The molecule has 2 aliphatic carbocycles. The molecule has 0 bridgehead atoms. The normalized spacial score (nSPS) is 16.3. The van der Waals surface area contributed by atoms with Crippen molar-refractivity contribution in [1.82, 2.24) is 25.5 Å². The maximum atomic E-state index is 12.3. The van der Waals surface area contributed by atoms with Crippen molar-refractivity contribution < 1.29 is 9.21 Å². The molecular weight excluding hydrogens is 370 g/mol. The highest BCUT2D eigenvalue weighted by atomic mass is 16.3. The fourth-order valence-corrected chi connectivity index (χ4v) is 3.32. The van der Waals surface area contributed by atoms with Crippen molar-refractivity contribution in [1.29, 1.82) is 0 Å². The van der Waals surface area contributed by atoms with Crippen LogP contribution >= 0.6 is 0 Å². The second-order valence-corrected chi connectivity index (χ2v) is 7.65. The Kier molecular flexibility index (Phi) is 3.49. The highest BCUT2D eigenvalue weighted by Gasteiger charge is 2.26. The lowest BCUT2D eigenvalue weighted by molar-refractivity contribution is 0.0947. The van der Waals surface area contributed by atoms with Crippen molar-refractivity contribution in [2.24, 2.45) is 0 Å². The summed E-state index contributed by atoms with van der Waals surface area (Å²) in [5.74, 6) is 1.04. The van der Waals surface area contributed by atoms with Crippen molar-refractivity contribution in [3.05, 3.63) is 36.2 Å². The molecule has 6 rings (SSSR count). The van der Waals surface area contributed by atoms with E-state index in [-0.39, 0.29) is 5.91 Å². The van der Waals surface area contributed by atoms with Gasteiger partial charge in [0.2, 0.25) is 5.95 Å². The lowest BCUT2D eigenvalue weighted by Gasteiger charge is -2.09. The minimum Gasteiger partial charge on any atom is -0.459 e. The number of H-pyrrole nitrogens is 1. The number of aromatic nitrogens is 4. The molecule has 9 nitrogen and oxygen atoms in total. The molecule has 4 N–H and O–H groups in total. The van der Waals surface area contributed by atoms with Gasteiger partial charge in [0.15, 0.2) is 17.1 Å². The van der Waals surface area contributed by atoms with Gasteiger partial charge in [0.25, 0.3) is 5.91 Å². The van der Waals surface area contributed by atoms with Crippen LogP contribution in [0.2, 0.25) is 0 Å². The molecule has 0 saturated heterocycles. The number of furan rings is 1. The molecule has 0 aliphatic heterocycles. The predicted molar refractivity (Wildman–Crippen MR) is 108 cm³/mol. The van der Waals surface area contributed by atoms with Crippen LogP contribution in [0.3, 0.4) is 0 Å². The SMILES string of the molecule is O=C(NC1CC1)c1n[nH]c2cc(Nc3nc(NC4CC4)c4occc4n3)ccc12. The largest absolute Gasteiger partial charge is 0.459 e. The van der Waals surface area contributed by atoms with Gasteiger partial charge < -0.3 is 20.4 Å². The van der Waals surface area contributed by atoms with E-state index in [4.69, 9.17) is 4.42 Å². The topological polar surface area (TPSA) is 121 Å². The van der Waals surface area contributed by atoms with E-state index < -0.39 is 0 Å². The van der Waals surface area contributed by atoms with Crippen molar-refractivity contribution in [3.63, 3.8) is 0 Å². The van der Waals surface area contributed by atoms with E-state index in [1.807, 2.05) is 24.3 Å². The maximum Gasteiger partial charge on any atom is 0.272 e. The van der Waals surface area contributed by atoms with Crippen LogP contribution in [0.1, 0.15) is 36.2 Å². The second kappa shape index (κ2) is 6.20. The molecule has 2 aliphatic rings. The highest BCUT2D eigenvalue weighted by molar-refractivity contribution is 6.05. The van der Waals surface area contributed by atoms with Crippen LogP contribution in [0.4, 0.5) is 17.5 Å². The number of anilines is 3. The van der Waals surface area contributed by atoms with Crippen molar-refractivity contribution >= 4 is 45.4 Å². The monoisotopic (exact) mass is 389 g/mol. The average molecular weight is 389 g/mol. The standard InChI is InChI=1S/C20H19N7O2/c28-19(22-11-3-4-11)16-13-6-5-12(9-15(13)26-27-16)23-20-24-14-7-8-29-17(14)18(25-20)21-10-1-2-10/h5-11H,1-4H2,(H,22,28)(H,26,27)(H2,21,23,24,25). The first-order chi connectivity index (χ1) is 14.2. The third-order valence-corrected chi connectivity index (χ3v) is 5.17. The first-order valence-electron chi connectivity index (χ1n) is 9.81. The smallest absolute Gasteiger partial charge is 0.272 e. The molecule has 1 amide bonds. The number of fused-ring (bicyclic) bond motifs is 2. The number of rotatable bonds is 6. The van der Waals surface area contributed by atoms with Gasteiger partial charge in [0.1, 0.15) is 5.52 Å². The van der Waals surface area contributed by atoms with Crippen molar-refractivity contribution in [2.75, 3.05) is 10.6 Å². The molecular formula is C20H19N7O2. The minimum atomic E-state index is -0.135. The quantitative estimate of drug-likeness (QED) is 0.399. The lowest BCUT2D eigenvalue weighted by Crippen LogP contribution is -2.25. The number of hydrogen-bond donors (Lipinski definition) is 4. The molecule has 3 heterocycles. The van der Waals surface area contributed by atoms with E-state index in [0.717, 1.165) is 47.8 Å². The van der Waals surface area contributed by atoms with Gasteiger partial charge in [-0.1, -0.05) is 0 Å². The van der Waals surface area contributed by atoms with E-state index in [2.05, 4.69) is 36.1 Å². The van der Waals surface area contributed by atoms with Crippen LogP contribution in [-0.4, -0.2) is 38.2 Å². The van der Waals surface area contributed by atoms with Crippen LogP contribution in [0, 0.1) is 0 Å². The fraction of sp³-hybridized carbons (Fsp3) is 0.300. The van der Waals surface area contributed by atoms with Gasteiger partial charge in [0.05, 0.1) is 11.8 Å². The number of benzene rings is 1. The number of aromatic amines is 1. The van der Waals surface area contributed by atoms with E-state index in [0.29, 0.717) is 35.1 Å². The Balaban J connectivity index is 1.29. The number of amides is 1. The first kappa shape index (κ1) is 16.3. The number of hydrogen-bond acceptors (Lipinski definition) is 7. The van der Waals surface area contributed by atoms with E-state index in [1.165, 1.54) is 0 Å². The average Bonchev–Trinajstić information content (AvgIpc) is 3.61. The van der Waals surface area contributed by atoms with Crippen LogP contribution in [0.5, 0.6) is 0 Å². The summed E-state index contributed by atoms with van der Waals surface area (Å²) in [6, 6.07) is 8.23. The number of carbonyl (C=O) groups excluding carboxylic acids is 1. The van der Waals surface area contributed by atoms with Crippen molar-refractivity contribution in [3.8, 4) is 0 Å². The zero-order chi connectivity index (χ0) is 19.4. The molecule has 1 aromatic carbocycles. The van der Waals surface area contributed by atoms with Crippen LogP contribution in [0.25, 0.3) is 22.0 Å². The summed E-state index contributed by atoms with van der Waals surface area (Å²) >= 11 is 0. The van der Waals surface area contributed by atoms with Gasteiger partial charge in [-0.15, -0.1) is 0 Å². The Bertz CT molecular complexity index is 1240. The van der Waals surface area contributed by atoms with Crippen LogP contribution in [-0.2, 0) is 0 Å². The van der Waals surface area contributed by atoms with E-state index >= 15 is 0 Å². The molecule has 4 aromatic rings. The van der Waals surface area contributed by atoms with E-state index in [1.54, 1.807) is 6.26 Å². The fourth-order valence-electron chi connectivity index (χ4n) is 3.32. The molecule has 0 atom stereocenters. The zero-order valence-corrected chi connectivity index (χ0v) is 15.5. The van der Waals surface area contributed by atoms with Crippen LogP contribution < -0.4 is 16.0 Å². The lowest BCUT2D eigenvalue weighted by atomic mass is 10.2. The Hall–Kier alpha value is -3.62. The zero-order valence-electron chi connectivity index (χ0n) is 15.5.